The van der Waals surface area contributed by atoms with Gasteiger partial charge in [0.1, 0.15) is 17.3 Å². The molecule has 0 amide bonds. The van der Waals surface area contributed by atoms with Crippen LogP contribution in [0.3, 0.4) is 0 Å². The van der Waals surface area contributed by atoms with Crippen LogP contribution < -0.4 is 15.5 Å². The number of morpholine rings is 2. The van der Waals surface area contributed by atoms with Gasteiger partial charge < -0.3 is 25.0 Å². The van der Waals surface area contributed by atoms with Gasteiger partial charge in [-0.1, -0.05) is 0 Å². The number of nitrogens with two attached hydrogens (primary N) is 1. The number of ether oxygens (including phenoxy) is 2. The van der Waals surface area contributed by atoms with Crippen molar-refractivity contribution >= 4 is 35.2 Å². The Morgan fingerprint density at radius 2 is 1.09 bits per heavy atom. The first-order valence-corrected chi connectivity index (χ1v) is 17.0. The molecule has 262 valence electrons. The van der Waals surface area contributed by atoms with E-state index in [1.807, 2.05) is 11.0 Å². The predicted molar refractivity (Wildman–Crippen MR) is 185 cm³/mol. The van der Waals surface area contributed by atoms with Crippen molar-refractivity contribution < 1.29 is 23.2 Å². The number of nitro benzene ring substituents is 1. The number of nitro groups is 1. The van der Waals surface area contributed by atoms with Gasteiger partial charge >= 0.3 is 0 Å². The zero-order chi connectivity index (χ0) is 32.3. The van der Waals surface area contributed by atoms with Crippen LogP contribution in [0.4, 0.5) is 31.5 Å². The highest BCUT2D eigenvalue weighted by Gasteiger charge is 2.25. The maximum Gasteiger partial charge on any atom is 0.293 e. The number of nitrogen functional groups attached to an aromatic ring is 1. The van der Waals surface area contributed by atoms with Crippen molar-refractivity contribution in [3.8, 4) is 0 Å². The highest BCUT2D eigenvalue weighted by atomic mass is 35.5. The van der Waals surface area contributed by atoms with E-state index in [2.05, 4.69) is 14.7 Å². The van der Waals surface area contributed by atoms with Crippen LogP contribution in [0.5, 0.6) is 0 Å². The monoisotopic (exact) mass is 680 g/mol. The smallest absolute Gasteiger partial charge is 0.293 e. The summed E-state index contributed by atoms with van der Waals surface area (Å²) >= 11 is 0. The van der Waals surface area contributed by atoms with E-state index in [4.69, 9.17) is 15.2 Å². The lowest BCUT2D eigenvalue weighted by Gasteiger charge is -2.30. The summed E-state index contributed by atoms with van der Waals surface area (Å²) < 4.78 is 39.6. The molecule has 4 saturated heterocycles. The number of nitrogens with zero attached hydrogens (tertiary/aromatic N) is 5. The van der Waals surface area contributed by atoms with Gasteiger partial charge in [0.05, 0.1) is 42.7 Å². The van der Waals surface area contributed by atoms with Crippen molar-refractivity contribution in [2.45, 2.75) is 51.4 Å². The normalized spacial score (nSPS) is 19.4. The molecule has 2 aromatic rings. The van der Waals surface area contributed by atoms with Crippen LogP contribution in [0, 0.1) is 21.7 Å². The minimum absolute atomic E-state index is 0. The summed E-state index contributed by atoms with van der Waals surface area (Å²) in [5.74, 6) is -0.461. The second-order valence-corrected chi connectivity index (χ2v) is 12.7. The summed E-state index contributed by atoms with van der Waals surface area (Å²) in [6.45, 7) is 11.5. The minimum Gasteiger partial charge on any atom is -0.397 e. The fraction of sp³-hybridized carbons (Fsp3) is 0.647. The third-order valence-corrected chi connectivity index (χ3v) is 9.53. The standard InChI is InChI=1S/C17H24FN3O3.C17H26FN3O.ClH/c18-15-13-16(20-5-2-1-3-6-20)17(21(22)23)12-14(15)4-7-19-8-10-24-11-9-19;18-15-13-17(21-5-2-1-3-6-21)16(19)12-14(15)4-7-20-8-10-22-11-9-20;/h12-13H,1-11H2;12-13H,1-11,19H2;1H. The summed E-state index contributed by atoms with van der Waals surface area (Å²) in [7, 11) is 0. The van der Waals surface area contributed by atoms with E-state index in [0.29, 0.717) is 49.5 Å². The summed E-state index contributed by atoms with van der Waals surface area (Å²) in [5, 5.41) is 11.5. The van der Waals surface area contributed by atoms with Crippen LogP contribution in [0.15, 0.2) is 24.3 Å². The molecule has 0 aromatic heterocycles. The van der Waals surface area contributed by atoms with Gasteiger partial charge in [-0.15, -0.1) is 12.4 Å². The van der Waals surface area contributed by atoms with E-state index in [-0.39, 0.29) is 34.7 Å². The van der Waals surface area contributed by atoms with Gasteiger partial charge in [-0.25, -0.2) is 8.78 Å². The number of benzene rings is 2. The zero-order valence-corrected chi connectivity index (χ0v) is 28.3. The van der Waals surface area contributed by atoms with Gasteiger partial charge in [0, 0.05) is 77.6 Å². The molecular formula is C34H51ClF2N6O4. The molecule has 4 heterocycles. The van der Waals surface area contributed by atoms with Crippen molar-refractivity contribution in [3.63, 3.8) is 0 Å². The topological polar surface area (TPSA) is 101 Å². The molecule has 4 aliphatic rings. The lowest BCUT2D eigenvalue weighted by Crippen LogP contribution is -2.37. The van der Waals surface area contributed by atoms with Gasteiger partial charge in [-0.05, 0) is 74.6 Å². The molecule has 0 atom stereocenters. The maximum absolute atomic E-state index is 14.5. The molecule has 2 N–H and O–H groups in total. The van der Waals surface area contributed by atoms with Crippen LogP contribution >= 0.6 is 12.4 Å². The third-order valence-electron chi connectivity index (χ3n) is 9.53. The van der Waals surface area contributed by atoms with E-state index in [9.17, 15) is 18.9 Å². The van der Waals surface area contributed by atoms with Gasteiger partial charge in [-0.3, -0.25) is 19.9 Å². The van der Waals surface area contributed by atoms with E-state index < -0.39 is 0 Å². The van der Waals surface area contributed by atoms with Crippen LogP contribution in [-0.2, 0) is 22.3 Å². The number of halogens is 3. The van der Waals surface area contributed by atoms with Crippen molar-refractivity contribution in [2.75, 3.05) is 107 Å². The first-order chi connectivity index (χ1) is 22.4. The lowest BCUT2D eigenvalue weighted by atomic mass is 10.1. The SMILES string of the molecule is Cl.Nc1cc(CCN2CCOCC2)c(F)cc1N1CCCCC1.O=[N+]([O-])c1cc(CCN2CCOCC2)c(F)cc1N1CCCCC1. The van der Waals surface area contributed by atoms with Crippen molar-refractivity contribution in [1.82, 2.24) is 9.80 Å². The number of rotatable bonds is 9. The Hall–Kier alpha value is -2.77. The molecule has 10 nitrogen and oxygen atoms in total. The number of hydrogen-bond acceptors (Lipinski definition) is 9. The van der Waals surface area contributed by atoms with Crippen molar-refractivity contribution in [2.24, 2.45) is 0 Å². The van der Waals surface area contributed by atoms with E-state index in [0.717, 1.165) is 103 Å². The molecule has 0 bridgehead atoms. The second-order valence-electron chi connectivity index (χ2n) is 12.7. The highest BCUT2D eigenvalue weighted by Crippen LogP contribution is 2.33. The van der Waals surface area contributed by atoms with E-state index in [1.165, 1.54) is 31.4 Å². The Labute approximate surface area is 283 Å². The summed E-state index contributed by atoms with van der Waals surface area (Å²) in [5.41, 5.74) is 9.36. The molecule has 13 heteroatoms. The van der Waals surface area contributed by atoms with Gasteiger partial charge in [0.25, 0.3) is 5.69 Å². The minimum atomic E-state index is -0.387. The molecular weight excluding hydrogens is 630 g/mol. The number of anilines is 3. The average Bonchev–Trinajstić information content (AvgIpc) is 3.09. The number of hydrogen-bond donors (Lipinski definition) is 1. The summed E-state index contributed by atoms with van der Waals surface area (Å²) in [6.07, 6.45) is 7.90. The molecule has 2 aromatic carbocycles. The molecule has 47 heavy (non-hydrogen) atoms. The fourth-order valence-corrected chi connectivity index (χ4v) is 6.75. The van der Waals surface area contributed by atoms with Crippen LogP contribution in [0.1, 0.15) is 49.7 Å². The Kier molecular flexibility index (Phi) is 14.7. The van der Waals surface area contributed by atoms with Gasteiger partial charge in [0.2, 0.25) is 0 Å². The van der Waals surface area contributed by atoms with E-state index >= 15 is 0 Å². The fourth-order valence-electron chi connectivity index (χ4n) is 6.75. The average molecular weight is 681 g/mol. The molecule has 0 aliphatic carbocycles. The molecule has 0 radical (unpaired) electrons. The summed E-state index contributed by atoms with van der Waals surface area (Å²) in [6, 6.07) is 6.26. The quantitative estimate of drug-likeness (QED) is 0.215. The van der Waals surface area contributed by atoms with Crippen molar-refractivity contribution in [1.29, 1.82) is 0 Å². The van der Waals surface area contributed by atoms with Gasteiger partial charge in [0.15, 0.2) is 0 Å². The maximum atomic E-state index is 14.5. The summed E-state index contributed by atoms with van der Waals surface area (Å²) in [4.78, 5) is 19.8. The predicted octanol–water partition coefficient (Wildman–Crippen LogP) is 5.29. The Morgan fingerprint density at radius 1 is 0.660 bits per heavy atom. The number of piperidine rings is 2. The van der Waals surface area contributed by atoms with Crippen LogP contribution in [-0.4, -0.2) is 107 Å². The van der Waals surface area contributed by atoms with Crippen LogP contribution in [0.25, 0.3) is 0 Å². The molecule has 0 spiro atoms. The molecule has 6 rings (SSSR count). The largest absolute Gasteiger partial charge is 0.397 e. The lowest BCUT2D eigenvalue weighted by molar-refractivity contribution is -0.384. The third kappa shape index (κ3) is 10.6. The molecule has 0 unspecified atom stereocenters. The molecule has 0 saturated carbocycles. The van der Waals surface area contributed by atoms with Gasteiger partial charge in [-0.2, -0.15) is 0 Å². The van der Waals surface area contributed by atoms with E-state index in [1.54, 1.807) is 6.07 Å². The molecule has 4 aliphatic heterocycles. The first kappa shape index (κ1) is 37.1. The van der Waals surface area contributed by atoms with Crippen molar-refractivity contribution in [3.05, 3.63) is 57.1 Å². The van der Waals surface area contributed by atoms with Crippen LogP contribution in [0.2, 0.25) is 0 Å². The first-order valence-electron chi connectivity index (χ1n) is 17.0. The Morgan fingerprint density at radius 3 is 1.55 bits per heavy atom. The molecule has 4 fully saturated rings. The highest BCUT2D eigenvalue weighted by molar-refractivity contribution is 5.85. The Bertz CT molecular complexity index is 1280. The zero-order valence-electron chi connectivity index (χ0n) is 27.5. The Balaban J connectivity index is 0.000000209. The second kappa shape index (κ2) is 18.7.